The quantitative estimate of drug-likeness (QED) is 0.877. The predicted molar refractivity (Wildman–Crippen MR) is 68.4 cm³/mol. The van der Waals surface area contributed by atoms with Crippen LogP contribution in [0.3, 0.4) is 0 Å². The average Bonchev–Trinajstić information content (AvgIpc) is 2.86. The summed E-state index contributed by atoms with van der Waals surface area (Å²) in [7, 11) is 0. The minimum Gasteiger partial charge on any atom is -0.324 e. The molecular formula is C13H18N4. The molecule has 0 bridgehead atoms. The summed E-state index contributed by atoms with van der Waals surface area (Å²) in [6.45, 7) is 4.97. The van der Waals surface area contributed by atoms with Crippen molar-refractivity contribution in [2.24, 2.45) is 5.73 Å². The molecule has 0 fully saturated rings. The molecule has 0 aliphatic heterocycles. The first-order chi connectivity index (χ1) is 8.26. The van der Waals surface area contributed by atoms with E-state index in [1.54, 1.807) is 6.20 Å². The summed E-state index contributed by atoms with van der Waals surface area (Å²) in [5.74, 6) is 0. The van der Waals surface area contributed by atoms with Crippen molar-refractivity contribution in [1.29, 1.82) is 0 Å². The van der Waals surface area contributed by atoms with Gasteiger partial charge in [-0.15, -0.1) is 5.10 Å². The van der Waals surface area contributed by atoms with E-state index in [4.69, 9.17) is 5.73 Å². The van der Waals surface area contributed by atoms with Gasteiger partial charge in [0, 0.05) is 18.2 Å². The predicted octanol–water partition coefficient (Wildman–Crippen LogP) is 2.37. The Bertz CT molecular complexity index is 490. The lowest BCUT2D eigenvalue weighted by Gasteiger charge is -2.11. The van der Waals surface area contributed by atoms with Gasteiger partial charge in [-0.2, -0.15) is 0 Å². The van der Waals surface area contributed by atoms with Gasteiger partial charge in [0.2, 0.25) is 0 Å². The normalized spacial score (nSPS) is 12.6. The van der Waals surface area contributed by atoms with Crippen LogP contribution in [0.5, 0.6) is 0 Å². The molecule has 2 N–H and O–H groups in total. The summed E-state index contributed by atoms with van der Waals surface area (Å²) in [5.41, 5.74) is 9.37. The number of benzene rings is 1. The summed E-state index contributed by atoms with van der Waals surface area (Å²) in [4.78, 5) is 0. The molecule has 90 valence electrons. The zero-order valence-corrected chi connectivity index (χ0v) is 10.3. The van der Waals surface area contributed by atoms with Gasteiger partial charge in [0.1, 0.15) is 0 Å². The molecule has 0 amide bonds. The van der Waals surface area contributed by atoms with E-state index in [0.29, 0.717) is 0 Å². The number of rotatable bonds is 4. The van der Waals surface area contributed by atoms with Crippen LogP contribution < -0.4 is 5.73 Å². The van der Waals surface area contributed by atoms with Crippen molar-refractivity contribution in [2.75, 3.05) is 0 Å². The van der Waals surface area contributed by atoms with Crippen LogP contribution in [0, 0.1) is 0 Å². The number of nitrogens with two attached hydrogens (primary N) is 1. The summed E-state index contributed by atoms with van der Waals surface area (Å²) >= 11 is 0. The van der Waals surface area contributed by atoms with Crippen molar-refractivity contribution >= 4 is 0 Å². The number of hydrogen-bond donors (Lipinski definition) is 1. The fourth-order valence-electron chi connectivity index (χ4n) is 1.88. The molecule has 4 heteroatoms. The maximum atomic E-state index is 6.05. The standard InChI is InChI=1S/C13H18N4/c1-3-12(14)10-6-5-7-11(8-10)13-9-15-16-17(13)4-2/h5-9,12H,3-4,14H2,1-2H3. The maximum Gasteiger partial charge on any atom is 0.0885 e. The molecule has 4 nitrogen and oxygen atoms in total. The molecule has 2 aromatic rings. The van der Waals surface area contributed by atoms with Gasteiger partial charge in [0.15, 0.2) is 0 Å². The van der Waals surface area contributed by atoms with Crippen LogP contribution >= 0.6 is 0 Å². The van der Waals surface area contributed by atoms with E-state index >= 15 is 0 Å². The Labute approximate surface area is 101 Å². The lowest BCUT2D eigenvalue weighted by atomic mass is 10.0. The Morgan fingerprint density at radius 2 is 2.18 bits per heavy atom. The Balaban J connectivity index is 2.39. The van der Waals surface area contributed by atoms with Gasteiger partial charge < -0.3 is 5.73 Å². The van der Waals surface area contributed by atoms with Crippen LogP contribution in [0.25, 0.3) is 11.3 Å². The van der Waals surface area contributed by atoms with Gasteiger partial charge in [0.05, 0.1) is 11.9 Å². The third-order valence-electron chi connectivity index (χ3n) is 2.97. The van der Waals surface area contributed by atoms with E-state index in [-0.39, 0.29) is 6.04 Å². The fraction of sp³-hybridized carbons (Fsp3) is 0.385. The second-order valence-electron chi connectivity index (χ2n) is 4.08. The van der Waals surface area contributed by atoms with Crippen LogP contribution in [-0.4, -0.2) is 15.0 Å². The highest BCUT2D eigenvalue weighted by Gasteiger charge is 2.08. The van der Waals surface area contributed by atoms with Crippen molar-refractivity contribution < 1.29 is 0 Å². The third-order valence-corrected chi connectivity index (χ3v) is 2.97. The molecule has 0 saturated heterocycles. The molecule has 1 heterocycles. The summed E-state index contributed by atoms with van der Waals surface area (Å²) in [6.07, 6.45) is 2.73. The van der Waals surface area contributed by atoms with Crippen molar-refractivity contribution in [3.63, 3.8) is 0 Å². The smallest absolute Gasteiger partial charge is 0.0885 e. The van der Waals surface area contributed by atoms with Gasteiger partial charge in [-0.25, -0.2) is 4.68 Å². The van der Waals surface area contributed by atoms with E-state index in [1.807, 2.05) is 10.7 Å². The van der Waals surface area contributed by atoms with Gasteiger partial charge in [-0.05, 0) is 25.0 Å². The largest absolute Gasteiger partial charge is 0.324 e. The van der Waals surface area contributed by atoms with Crippen molar-refractivity contribution in [1.82, 2.24) is 15.0 Å². The van der Waals surface area contributed by atoms with Crippen LogP contribution in [0.1, 0.15) is 31.9 Å². The molecule has 2 rings (SSSR count). The first-order valence-electron chi connectivity index (χ1n) is 6.00. The second kappa shape index (κ2) is 5.10. The number of aromatic nitrogens is 3. The zero-order valence-electron chi connectivity index (χ0n) is 10.3. The van der Waals surface area contributed by atoms with Gasteiger partial charge in [-0.1, -0.05) is 30.3 Å². The molecule has 0 aliphatic carbocycles. The second-order valence-corrected chi connectivity index (χ2v) is 4.08. The van der Waals surface area contributed by atoms with Crippen LogP contribution in [0.2, 0.25) is 0 Å². The molecular weight excluding hydrogens is 212 g/mol. The SMILES string of the molecule is CCC(N)c1cccc(-c2cnnn2CC)c1. The fourth-order valence-corrected chi connectivity index (χ4v) is 1.88. The topological polar surface area (TPSA) is 56.7 Å². The molecule has 1 unspecified atom stereocenters. The van der Waals surface area contributed by atoms with E-state index in [9.17, 15) is 0 Å². The Kier molecular flexibility index (Phi) is 3.54. The molecule has 1 atom stereocenters. The first kappa shape index (κ1) is 11.8. The number of nitrogens with zero attached hydrogens (tertiary/aromatic N) is 3. The van der Waals surface area contributed by atoms with Gasteiger partial charge in [-0.3, -0.25) is 0 Å². The Hall–Kier alpha value is -1.68. The molecule has 17 heavy (non-hydrogen) atoms. The first-order valence-corrected chi connectivity index (χ1v) is 6.00. The summed E-state index contributed by atoms with van der Waals surface area (Å²) in [6, 6.07) is 8.39. The average molecular weight is 230 g/mol. The monoisotopic (exact) mass is 230 g/mol. The summed E-state index contributed by atoms with van der Waals surface area (Å²) in [5, 5.41) is 7.99. The van der Waals surface area contributed by atoms with Crippen LogP contribution in [-0.2, 0) is 6.54 Å². The molecule has 0 aliphatic rings. The minimum atomic E-state index is 0.0981. The summed E-state index contributed by atoms with van der Waals surface area (Å²) < 4.78 is 1.89. The Morgan fingerprint density at radius 3 is 2.88 bits per heavy atom. The highest BCUT2D eigenvalue weighted by atomic mass is 15.4. The Morgan fingerprint density at radius 1 is 1.35 bits per heavy atom. The van der Waals surface area contributed by atoms with E-state index in [2.05, 4.69) is 42.4 Å². The lowest BCUT2D eigenvalue weighted by molar-refractivity contribution is 0.632. The maximum absolute atomic E-state index is 6.05. The lowest BCUT2D eigenvalue weighted by Crippen LogP contribution is -2.08. The highest BCUT2D eigenvalue weighted by molar-refractivity contribution is 5.59. The van der Waals surface area contributed by atoms with Crippen molar-refractivity contribution in [2.45, 2.75) is 32.9 Å². The van der Waals surface area contributed by atoms with E-state index in [1.165, 1.54) is 0 Å². The number of aryl methyl sites for hydroxylation is 1. The van der Waals surface area contributed by atoms with Crippen LogP contribution in [0.4, 0.5) is 0 Å². The van der Waals surface area contributed by atoms with E-state index < -0.39 is 0 Å². The van der Waals surface area contributed by atoms with Crippen molar-refractivity contribution in [3.05, 3.63) is 36.0 Å². The molecule has 1 aromatic heterocycles. The van der Waals surface area contributed by atoms with E-state index in [0.717, 1.165) is 29.8 Å². The third kappa shape index (κ3) is 2.36. The number of hydrogen-bond acceptors (Lipinski definition) is 3. The molecule has 0 spiro atoms. The van der Waals surface area contributed by atoms with Gasteiger partial charge in [0.25, 0.3) is 0 Å². The highest BCUT2D eigenvalue weighted by Crippen LogP contribution is 2.22. The minimum absolute atomic E-state index is 0.0981. The molecule has 0 radical (unpaired) electrons. The zero-order chi connectivity index (χ0) is 12.3. The van der Waals surface area contributed by atoms with Crippen molar-refractivity contribution in [3.8, 4) is 11.3 Å². The van der Waals surface area contributed by atoms with Crippen LogP contribution in [0.15, 0.2) is 30.5 Å². The molecule has 0 saturated carbocycles. The van der Waals surface area contributed by atoms with Gasteiger partial charge >= 0.3 is 0 Å². The molecule has 1 aromatic carbocycles.